The molecule has 53 heavy (non-hydrogen) atoms. The average molecular weight is 720 g/mol. The van der Waals surface area contributed by atoms with Crippen LogP contribution in [0, 0.1) is 0 Å². The summed E-state index contributed by atoms with van der Waals surface area (Å²) in [5.41, 5.74) is 4.02. The van der Waals surface area contributed by atoms with E-state index < -0.39 is 36.2 Å². The van der Waals surface area contributed by atoms with E-state index in [1.54, 1.807) is 30.5 Å². The molecule has 0 aliphatic carbocycles. The zero-order chi connectivity index (χ0) is 36.4. The molecular weight excluding hydrogens is 684 g/mol. The van der Waals surface area contributed by atoms with E-state index in [1.165, 1.54) is 6.20 Å². The second-order valence-corrected chi connectivity index (χ2v) is 14.3. The Bertz CT molecular complexity index is 2350. The van der Waals surface area contributed by atoms with Gasteiger partial charge in [-0.25, -0.2) is 0 Å². The van der Waals surface area contributed by atoms with Crippen molar-refractivity contribution in [3.8, 4) is 22.6 Å². The summed E-state index contributed by atoms with van der Waals surface area (Å²) in [6.45, 7) is 0.315. The van der Waals surface area contributed by atoms with Gasteiger partial charge in [-0.15, -0.1) is 0 Å². The van der Waals surface area contributed by atoms with Gasteiger partial charge in [-0.2, -0.15) is 8.78 Å². The lowest BCUT2D eigenvalue weighted by atomic mass is 9.86. The number of amides is 4. The number of imide groups is 2. The molecule has 0 radical (unpaired) electrons. The standard InChI is InChI=1S/C40H35F2N5O6/c41-39(42)46-31-10-13-43-22-30(31)27-5-2-24(19-33(27)46)23-3-8-34-25(18-23)21-40(53-34)11-15-45(16-12-40)14-1-17-52-26-4-6-28-29(20-26)38(51)47(37(28)50)32-7-9-35(48)44-36(32)49/h2-6,8,10,13,18-20,22,32,39H,1,7,9,11-12,14-17,21H2,(H,44,48,49). The number of hydrogen-bond donors (Lipinski definition) is 1. The molecule has 13 heteroatoms. The van der Waals surface area contributed by atoms with Crippen LogP contribution in [0.15, 0.2) is 73.1 Å². The van der Waals surface area contributed by atoms with Crippen LogP contribution in [0.2, 0.25) is 0 Å². The number of hydrogen-bond acceptors (Lipinski definition) is 8. The first-order valence-electron chi connectivity index (χ1n) is 17.9. The lowest BCUT2D eigenvalue weighted by Gasteiger charge is -2.38. The number of halogens is 2. The topological polar surface area (TPSA) is 123 Å². The summed E-state index contributed by atoms with van der Waals surface area (Å²) in [5.74, 6) is -0.818. The molecule has 4 aliphatic heterocycles. The van der Waals surface area contributed by atoms with Crippen molar-refractivity contribution in [1.29, 1.82) is 0 Å². The Morgan fingerprint density at radius 1 is 0.906 bits per heavy atom. The second-order valence-electron chi connectivity index (χ2n) is 14.3. The summed E-state index contributed by atoms with van der Waals surface area (Å²) in [5, 5.41) is 3.65. The number of piperidine rings is 2. The molecule has 4 amide bonds. The van der Waals surface area contributed by atoms with E-state index in [0.717, 1.165) is 82.6 Å². The minimum atomic E-state index is -2.68. The number of fused-ring (bicyclic) bond motifs is 5. The number of carbonyl (C=O) groups is 4. The Hall–Kier alpha value is -5.69. The molecule has 2 saturated heterocycles. The normalized spacial score (nSPS) is 19.7. The van der Waals surface area contributed by atoms with E-state index in [0.29, 0.717) is 28.8 Å². The average Bonchev–Trinajstić information content (AvgIpc) is 3.77. The van der Waals surface area contributed by atoms with Gasteiger partial charge in [0.2, 0.25) is 11.8 Å². The highest BCUT2D eigenvalue weighted by molar-refractivity contribution is 6.23. The Kier molecular flexibility index (Phi) is 7.99. The Labute approximate surface area is 302 Å². The third kappa shape index (κ3) is 5.70. The maximum Gasteiger partial charge on any atom is 0.319 e. The molecule has 2 aromatic heterocycles. The first-order valence-corrected chi connectivity index (χ1v) is 17.9. The van der Waals surface area contributed by atoms with E-state index in [9.17, 15) is 28.0 Å². The molecule has 4 aliphatic rings. The van der Waals surface area contributed by atoms with Crippen LogP contribution in [0.4, 0.5) is 8.78 Å². The molecular formula is C40H35F2N5O6. The highest BCUT2D eigenvalue weighted by Gasteiger charge is 2.45. The van der Waals surface area contributed by atoms with Crippen molar-refractivity contribution in [2.24, 2.45) is 0 Å². The minimum absolute atomic E-state index is 0.0663. The molecule has 2 fully saturated rings. The van der Waals surface area contributed by atoms with Crippen molar-refractivity contribution < 1.29 is 37.4 Å². The Morgan fingerprint density at radius 2 is 1.70 bits per heavy atom. The number of likely N-dealkylation sites (tertiary alicyclic amines) is 1. The highest BCUT2D eigenvalue weighted by atomic mass is 19.3. The molecule has 1 unspecified atom stereocenters. The van der Waals surface area contributed by atoms with Crippen molar-refractivity contribution in [1.82, 2.24) is 24.7 Å². The van der Waals surface area contributed by atoms with E-state index in [-0.39, 0.29) is 29.6 Å². The number of rotatable bonds is 8. The van der Waals surface area contributed by atoms with E-state index in [1.807, 2.05) is 30.3 Å². The SMILES string of the molecule is O=C1CCC(N2C(=O)c3ccc(OCCCN4CCC5(CC4)Cc4cc(-c6ccc7c8cnccc8n(C(F)F)c7c6)ccc4O5)cc3C2=O)C(=O)N1. The number of nitrogens with one attached hydrogen (secondary N) is 1. The molecule has 0 bridgehead atoms. The Morgan fingerprint density at radius 3 is 2.51 bits per heavy atom. The van der Waals surface area contributed by atoms with Gasteiger partial charge in [0.25, 0.3) is 11.8 Å². The van der Waals surface area contributed by atoms with E-state index in [2.05, 4.69) is 21.3 Å². The monoisotopic (exact) mass is 719 g/mol. The van der Waals surface area contributed by atoms with Gasteiger partial charge in [0.15, 0.2) is 0 Å². The van der Waals surface area contributed by atoms with Crippen LogP contribution in [-0.2, 0) is 16.0 Å². The number of pyridine rings is 1. The van der Waals surface area contributed by atoms with Gasteiger partial charge in [-0.05, 0) is 72.0 Å². The number of ether oxygens (including phenoxy) is 2. The van der Waals surface area contributed by atoms with Gasteiger partial charge in [0.05, 0.1) is 28.8 Å². The summed E-state index contributed by atoms with van der Waals surface area (Å²) in [6, 6.07) is 17.2. The third-order valence-electron chi connectivity index (χ3n) is 11.1. The predicted molar refractivity (Wildman–Crippen MR) is 190 cm³/mol. The van der Waals surface area contributed by atoms with Crippen molar-refractivity contribution >= 4 is 45.4 Å². The molecule has 9 rings (SSSR count). The van der Waals surface area contributed by atoms with Crippen LogP contribution in [0.25, 0.3) is 32.9 Å². The van der Waals surface area contributed by atoms with Crippen LogP contribution in [0.3, 0.4) is 0 Å². The number of benzene rings is 3. The van der Waals surface area contributed by atoms with Crippen molar-refractivity contribution in [2.45, 2.75) is 56.7 Å². The van der Waals surface area contributed by atoms with Gasteiger partial charge < -0.3 is 14.4 Å². The van der Waals surface area contributed by atoms with Crippen LogP contribution < -0.4 is 14.8 Å². The number of nitrogens with zero attached hydrogens (tertiary/aromatic N) is 4. The maximum atomic E-state index is 14.2. The summed E-state index contributed by atoms with van der Waals surface area (Å²) in [4.78, 5) is 57.5. The number of alkyl halides is 2. The van der Waals surface area contributed by atoms with Gasteiger partial charge in [-0.1, -0.05) is 18.2 Å². The summed E-state index contributed by atoms with van der Waals surface area (Å²) >= 11 is 0. The maximum absolute atomic E-state index is 14.2. The highest BCUT2D eigenvalue weighted by Crippen LogP contribution is 2.43. The molecule has 0 saturated carbocycles. The Balaban J connectivity index is 0.791. The van der Waals surface area contributed by atoms with Gasteiger partial charge in [-0.3, -0.25) is 38.9 Å². The number of carbonyl (C=O) groups excluding carboxylic acids is 4. The van der Waals surface area contributed by atoms with Crippen LogP contribution in [0.1, 0.15) is 64.9 Å². The minimum Gasteiger partial charge on any atom is -0.494 e. The first-order chi connectivity index (χ1) is 25.7. The van der Waals surface area contributed by atoms with Gasteiger partial charge >= 0.3 is 6.55 Å². The predicted octanol–water partition coefficient (Wildman–Crippen LogP) is 5.89. The number of aromatic nitrogens is 2. The summed E-state index contributed by atoms with van der Waals surface area (Å²) < 4.78 is 42.0. The molecule has 5 aromatic rings. The first kappa shape index (κ1) is 33.2. The van der Waals surface area contributed by atoms with Crippen LogP contribution in [-0.4, -0.2) is 80.9 Å². The molecule has 6 heterocycles. The molecule has 270 valence electrons. The fraction of sp³-hybridized carbons (Fsp3) is 0.325. The lowest BCUT2D eigenvalue weighted by molar-refractivity contribution is -0.136. The van der Waals surface area contributed by atoms with E-state index >= 15 is 0 Å². The quantitative estimate of drug-likeness (QED) is 0.156. The fourth-order valence-corrected chi connectivity index (χ4v) is 8.38. The smallest absolute Gasteiger partial charge is 0.319 e. The van der Waals surface area contributed by atoms with Crippen molar-refractivity contribution in [3.63, 3.8) is 0 Å². The largest absolute Gasteiger partial charge is 0.494 e. The molecule has 1 atom stereocenters. The molecule has 11 nitrogen and oxygen atoms in total. The van der Waals surface area contributed by atoms with Crippen molar-refractivity contribution in [3.05, 3.63) is 89.7 Å². The third-order valence-corrected chi connectivity index (χ3v) is 11.1. The zero-order valence-electron chi connectivity index (χ0n) is 28.6. The molecule has 1 spiro atoms. The van der Waals surface area contributed by atoms with Crippen molar-refractivity contribution in [2.75, 3.05) is 26.2 Å². The van der Waals surface area contributed by atoms with Crippen LogP contribution in [0.5, 0.6) is 11.5 Å². The lowest BCUT2D eigenvalue weighted by Crippen LogP contribution is -2.54. The van der Waals surface area contributed by atoms with E-state index in [4.69, 9.17) is 9.47 Å². The second kappa shape index (κ2) is 12.8. The molecule has 3 aromatic carbocycles. The molecule has 1 N–H and O–H groups in total. The fourth-order valence-electron chi connectivity index (χ4n) is 8.38. The zero-order valence-corrected chi connectivity index (χ0v) is 28.6. The summed E-state index contributed by atoms with van der Waals surface area (Å²) in [6.07, 6.45) is 6.63. The van der Waals surface area contributed by atoms with Crippen LogP contribution >= 0.6 is 0 Å². The van der Waals surface area contributed by atoms with Gasteiger partial charge in [0, 0.05) is 68.5 Å². The summed E-state index contributed by atoms with van der Waals surface area (Å²) in [7, 11) is 0. The van der Waals surface area contributed by atoms with Gasteiger partial charge in [0.1, 0.15) is 23.1 Å².